The first kappa shape index (κ1) is 13.3. The van der Waals surface area contributed by atoms with Gasteiger partial charge in [0.25, 0.3) is 0 Å². The van der Waals surface area contributed by atoms with Gasteiger partial charge < -0.3 is 5.32 Å². The van der Waals surface area contributed by atoms with Crippen LogP contribution >= 0.6 is 15.9 Å². The van der Waals surface area contributed by atoms with Crippen molar-refractivity contribution in [2.45, 2.75) is 26.8 Å². The second-order valence-electron chi connectivity index (χ2n) is 4.89. The van der Waals surface area contributed by atoms with Crippen LogP contribution in [0.2, 0.25) is 0 Å². The highest BCUT2D eigenvalue weighted by molar-refractivity contribution is 9.09. The summed E-state index contributed by atoms with van der Waals surface area (Å²) in [5.74, 6) is 0.581. The number of pyridine rings is 1. The SMILES string of the molecule is Cc1cc(NC(C)C(C)CBr)c2ccccc2n1. The molecule has 96 valence electrons. The Hall–Kier alpha value is -1.09. The lowest BCUT2D eigenvalue weighted by molar-refractivity contribution is 0.573. The van der Waals surface area contributed by atoms with E-state index in [9.17, 15) is 0 Å². The average molecular weight is 307 g/mol. The maximum Gasteiger partial charge on any atom is 0.0725 e. The van der Waals surface area contributed by atoms with Crippen LogP contribution in [0, 0.1) is 12.8 Å². The predicted molar refractivity (Wildman–Crippen MR) is 82.5 cm³/mol. The summed E-state index contributed by atoms with van der Waals surface area (Å²) in [4.78, 5) is 4.56. The van der Waals surface area contributed by atoms with Gasteiger partial charge in [-0.1, -0.05) is 41.1 Å². The van der Waals surface area contributed by atoms with Crippen LogP contribution in [0.3, 0.4) is 0 Å². The lowest BCUT2D eigenvalue weighted by Gasteiger charge is -2.21. The number of halogens is 1. The third kappa shape index (κ3) is 2.83. The highest BCUT2D eigenvalue weighted by Gasteiger charge is 2.12. The zero-order valence-electron chi connectivity index (χ0n) is 11.1. The monoisotopic (exact) mass is 306 g/mol. The molecule has 1 aromatic heterocycles. The van der Waals surface area contributed by atoms with E-state index in [0.717, 1.165) is 16.5 Å². The van der Waals surface area contributed by atoms with Crippen LogP contribution in [0.15, 0.2) is 30.3 Å². The molecule has 0 radical (unpaired) electrons. The molecule has 1 N–H and O–H groups in total. The van der Waals surface area contributed by atoms with Crippen LogP contribution in [0.4, 0.5) is 5.69 Å². The van der Waals surface area contributed by atoms with E-state index >= 15 is 0 Å². The number of benzene rings is 1. The predicted octanol–water partition coefficient (Wildman–Crippen LogP) is 4.37. The van der Waals surface area contributed by atoms with Gasteiger partial charge in [-0.05, 0) is 31.9 Å². The second kappa shape index (κ2) is 5.70. The Morgan fingerprint density at radius 2 is 2.00 bits per heavy atom. The molecular weight excluding hydrogens is 288 g/mol. The minimum atomic E-state index is 0.426. The largest absolute Gasteiger partial charge is 0.382 e. The molecule has 0 saturated carbocycles. The zero-order valence-corrected chi connectivity index (χ0v) is 12.7. The molecule has 0 amide bonds. The molecule has 2 nitrogen and oxygen atoms in total. The van der Waals surface area contributed by atoms with Crippen molar-refractivity contribution < 1.29 is 0 Å². The van der Waals surface area contributed by atoms with Gasteiger partial charge >= 0.3 is 0 Å². The molecule has 0 bridgehead atoms. The summed E-state index contributed by atoms with van der Waals surface area (Å²) in [7, 11) is 0. The lowest BCUT2D eigenvalue weighted by atomic mass is 10.1. The van der Waals surface area contributed by atoms with Crippen LogP contribution in [-0.4, -0.2) is 16.4 Å². The first-order chi connectivity index (χ1) is 8.61. The lowest BCUT2D eigenvalue weighted by Crippen LogP contribution is -2.24. The number of alkyl halides is 1. The second-order valence-corrected chi connectivity index (χ2v) is 5.54. The number of aromatic nitrogens is 1. The van der Waals surface area contributed by atoms with Crippen LogP contribution in [0.25, 0.3) is 10.9 Å². The fourth-order valence-electron chi connectivity index (χ4n) is 1.95. The summed E-state index contributed by atoms with van der Waals surface area (Å²) in [6.45, 7) is 6.50. The van der Waals surface area contributed by atoms with E-state index < -0.39 is 0 Å². The van der Waals surface area contributed by atoms with Gasteiger partial charge in [0.15, 0.2) is 0 Å². The minimum Gasteiger partial charge on any atom is -0.382 e. The van der Waals surface area contributed by atoms with Crippen LogP contribution in [-0.2, 0) is 0 Å². The number of anilines is 1. The van der Waals surface area contributed by atoms with E-state index in [1.807, 2.05) is 13.0 Å². The van der Waals surface area contributed by atoms with Crippen LogP contribution in [0.5, 0.6) is 0 Å². The first-order valence-corrected chi connectivity index (χ1v) is 7.43. The molecule has 0 saturated heterocycles. The molecule has 2 atom stereocenters. The highest BCUT2D eigenvalue weighted by Crippen LogP contribution is 2.24. The summed E-state index contributed by atoms with van der Waals surface area (Å²) in [5, 5.41) is 5.80. The Bertz CT molecular complexity index is 539. The molecule has 18 heavy (non-hydrogen) atoms. The summed E-state index contributed by atoms with van der Waals surface area (Å²) >= 11 is 3.54. The number of aryl methyl sites for hydroxylation is 1. The van der Waals surface area contributed by atoms with E-state index in [1.54, 1.807) is 0 Å². The third-order valence-electron chi connectivity index (χ3n) is 3.32. The van der Waals surface area contributed by atoms with Gasteiger partial charge in [0.05, 0.1) is 5.52 Å². The molecule has 0 fully saturated rings. The van der Waals surface area contributed by atoms with Crippen molar-refractivity contribution in [3.05, 3.63) is 36.0 Å². The maximum atomic E-state index is 4.56. The number of nitrogens with zero attached hydrogens (tertiary/aromatic N) is 1. The highest BCUT2D eigenvalue weighted by atomic mass is 79.9. The molecule has 1 aromatic carbocycles. The number of para-hydroxylation sites is 1. The summed E-state index contributed by atoms with van der Waals surface area (Å²) in [6.07, 6.45) is 0. The van der Waals surface area contributed by atoms with Gasteiger partial charge in [-0.2, -0.15) is 0 Å². The Balaban J connectivity index is 2.38. The average Bonchev–Trinajstić information content (AvgIpc) is 2.37. The normalized spacial score (nSPS) is 14.4. The van der Waals surface area contributed by atoms with Gasteiger partial charge in [-0.25, -0.2) is 0 Å². The van der Waals surface area contributed by atoms with E-state index in [0.29, 0.717) is 12.0 Å². The Morgan fingerprint density at radius 3 is 2.72 bits per heavy atom. The summed E-state index contributed by atoms with van der Waals surface area (Å²) in [6, 6.07) is 10.8. The number of fused-ring (bicyclic) bond motifs is 1. The van der Waals surface area contributed by atoms with E-state index in [1.165, 1.54) is 11.1 Å². The van der Waals surface area contributed by atoms with Gasteiger partial charge in [0, 0.05) is 28.1 Å². The quantitative estimate of drug-likeness (QED) is 0.848. The van der Waals surface area contributed by atoms with Gasteiger partial charge in [0.2, 0.25) is 0 Å². The van der Waals surface area contributed by atoms with Crippen LogP contribution < -0.4 is 5.32 Å². The molecule has 0 spiro atoms. The van der Waals surface area contributed by atoms with Crippen molar-refractivity contribution in [3.8, 4) is 0 Å². The number of rotatable bonds is 4. The van der Waals surface area contributed by atoms with Crippen molar-refractivity contribution in [1.29, 1.82) is 0 Å². The summed E-state index contributed by atoms with van der Waals surface area (Å²) in [5.41, 5.74) is 3.28. The fourth-order valence-corrected chi connectivity index (χ4v) is 2.51. The summed E-state index contributed by atoms with van der Waals surface area (Å²) < 4.78 is 0. The molecule has 0 aliphatic heterocycles. The first-order valence-electron chi connectivity index (χ1n) is 6.30. The Labute approximate surface area is 117 Å². The van der Waals surface area contributed by atoms with Gasteiger partial charge in [-0.15, -0.1) is 0 Å². The molecule has 2 rings (SSSR count). The molecule has 2 aromatic rings. The van der Waals surface area contributed by atoms with E-state index in [2.05, 4.69) is 64.3 Å². The number of hydrogen-bond donors (Lipinski definition) is 1. The fraction of sp³-hybridized carbons (Fsp3) is 0.400. The molecule has 0 aliphatic rings. The number of hydrogen-bond acceptors (Lipinski definition) is 2. The molecule has 0 aliphatic carbocycles. The van der Waals surface area contributed by atoms with Crippen molar-refractivity contribution in [2.75, 3.05) is 10.6 Å². The molecular formula is C15H19BrN2. The van der Waals surface area contributed by atoms with E-state index in [4.69, 9.17) is 0 Å². The third-order valence-corrected chi connectivity index (χ3v) is 4.35. The van der Waals surface area contributed by atoms with Crippen molar-refractivity contribution >= 4 is 32.5 Å². The van der Waals surface area contributed by atoms with Crippen LogP contribution in [0.1, 0.15) is 19.5 Å². The Kier molecular flexibility index (Phi) is 4.23. The zero-order chi connectivity index (χ0) is 13.1. The Morgan fingerprint density at radius 1 is 1.28 bits per heavy atom. The van der Waals surface area contributed by atoms with Crippen molar-refractivity contribution in [1.82, 2.24) is 4.98 Å². The molecule has 3 heteroatoms. The van der Waals surface area contributed by atoms with Crippen molar-refractivity contribution in [2.24, 2.45) is 5.92 Å². The van der Waals surface area contributed by atoms with Crippen molar-refractivity contribution in [3.63, 3.8) is 0 Å². The van der Waals surface area contributed by atoms with Gasteiger partial charge in [0.1, 0.15) is 0 Å². The molecule has 1 heterocycles. The number of nitrogens with one attached hydrogen (secondary N) is 1. The smallest absolute Gasteiger partial charge is 0.0725 e. The minimum absolute atomic E-state index is 0.426. The standard InChI is InChI=1S/C15H19BrN2/c1-10(9-16)12(3)18-15-8-11(2)17-14-7-5-4-6-13(14)15/h4-8,10,12H,9H2,1-3H3,(H,17,18). The molecule has 2 unspecified atom stereocenters. The topological polar surface area (TPSA) is 24.9 Å². The van der Waals surface area contributed by atoms with E-state index in [-0.39, 0.29) is 0 Å². The maximum absolute atomic E-state index is 4.56. The van der Waals surface area contributed by atoms with Gasteiger partial charge in [-0.3, -0.25) is 4.98 Å².